The molecule has 0 saturated carbocycles. The maximum Gasteiger partial charge on any atom is 0.416 e. The summed E-state index contributed by atoms with van der Waals surface area (Å²) in [6, 6.07) is 9.53. The maximum absolute atomic E-state index is 13.3. The highest BCUT2D eigenvalue weighted by atomic mass is 35.5. The van der Waals surface area contributed by atoms with E-state index in [2.05, 4.69) is 4.90 Å². The number of nitrogens with zero attached hydrogens (tertiary/aromatic N) is 2. The van der Waals surface area contributed by atoms with Crippen LogP contribution in [0.2, 0.25) is 10.0 Å². The summed E-state index contributed by atoms with van der Waals surface area (Å²) >= 11 is 12.1. The molecule has 0 aliphatic carbocycles. The van der Waals surface area contributed by atoms with E-state index in [4.69, 9.17) is 42.1 Å². The molecule has 0 N–H and O–H groups in total. The molecule has 1 fully saturated rings. The van der Waals surface area contributed by atoms with Gasteiger partial charge < -0.3 is 23.8 Å². The molecular weight excluding hydrogens is 584 g/mol. The molecule has 0 spiro atoms. The van der Waals surface area contributed by atoms with Gasteiger partial charge in [0.2, 0.25) is 5.91 Å². The van der Waals surface area contributed by atoms with Crippen LogP contribution in [0.25, 0.3) is 0 Å². The van der Waals surface area contributed by atoms with Gasteiger partial charge in [0.05, 0.1) is 73.8 Å². The van der Waals surface area contributed by atoms with Gasteiger partial charge in [0.25, 0.3) is 0 Å². The topological polar surface area (TPSA) is 60.5 Å². The number of amides is 1. The van der Waals surface area contributed by atoms with Gasteiger partial charge in [0, 0.05) is 33.8 Å². The zero-order valence-electron chi connectivity index (χ0n) is 23.3. The summed E-state index contributed by atoms with van der Waals surface area (Å²) in [4.78, 5) is 17.0. The highest BCUT2D eigenvalue weighted by Crippen LogP contribution is 2.32. The van der Waals surface area contributed by atoms with Crippen LogP contribution in [0.15, 0.2) is 42.5 Å². The third kappa shape index (κ3) is 11.0. The molecule has 2 atom stereocenters. The van der Waals surface area contributed by atoms with Crippen molar-refractivity contribution in [2.24, 2.45) is 0 Å². The third-order valence-corrected chi connectivity index (χ3v) is 7.61. The second-order valence-corrected chi connectivity index (χ2v) is 10.6. The summed E-state index contributed by atoms with van der Waals surface area (Å²) in [5.74, 6) is -0.191. The van der Waals surface area contributed by atoms with E-state index in [1.54, 1.807) is 37.3 Å². The van der Waals surface area contributed by atoms with E-state index >= 15 is 0 Å². The Bertz CT molecular complexity index is 1090. The molecule has 41 heavy (non-hydrogen) atoms. The van der Waals surface area contributed by atoms with Crippen molar-refractivity contribution < 1.29 is 36.9 Å². The van der Waals surface area contributed by atoms with Gasteiger partial charge in [0.1, 0.15) is 0 Å². The summed E-state index contributed by atoms with van der Waals surface area (Å²) in [6.45, 7) is 4.76. The number of benzene rings is 2. The first-order valence-electron chi connectivity index (χ1n) is 13.4. The molecule has 1 aliphatic heterocycles. The van der Waals surface area contributed by atoms with Gasteiger partial charge in [-0.3, -0.25) is 9.69 Å². The van der Waals surface area contributed by atoms with Crippen molar-refractivity contribution in [3.8, 4) is 0 Å². The number of ether oxygens (including phenoxy) is 4. The van der Waals surface area contributed by atoms with Gasteiger partial charge in [-0.25, -0.2) is 0 Å². The van der Waals surface area contributed by atoms with Crippen LogP contribution in [0.5, 0.6) is 0 Å². The average molecular weight is 622 g/mol. The zero-order valence-corrected chi connectivity index (χ0v) is 24.8. The minimum Gasteiger partial charge on any atom is -0.382 e. The fourth-order valence-corrected chi connectivity index (χ4v) is 4.87. The standard InChI is InChI=1S/C29H37Cl2F3N2O5/c1-35(28(37)18-21-3-8-25(30)26(31)17-21)27(22-4-6-23(7-5-22)29(32,33)34)20-36-10-9-24(19-36)41-16-15-40-14-13-39-12-11-38-2/h3-8,17,24,27H,9-16,18-20H2,1-2H3/t24-,27+/m0/s1. The van der Waals surface area contributed by atoms with Gasteiger partial charge in [-0.2, -0.15) is 13.2 Å². The molecule has 1 saturated heterocycles. The van der Waals surface area contributed by atoms with E-state index < -0.39 is 17.8 Å². The molecule has 1 aliphatic rings. The lowest BCUT2D eigenvalue weighted by Crippen LogP contribution is -2.39. The lowest BCUT2D eigenvalue weighted by Gasteiger charge is -2.32. The van der Waals surface area contributed by atoms with Crippen molar-refractivity contribution in [1.82, 2.24) is 9.80 Å². The summed E-state index contributed by atoms with van der Waals surface area (Å²) in [5, 5.41) is 0.742. The van der Waals surface area contributed by atoms with E-state index in [9.17, 15) is 18.0 Å². The second-order valence-electron chi connectivity index (χ2n) is 9.82. The Hall–Kier alpha value is -1.92. The van der Waals surface area contributed by atoms with Crippen molar-refractivity contribution in [2.75, 3.05) is 73.4 Å². The second kappa shape index (κ2) is 16.6. The van der Waals surface area contributed by atoms with Crippen LogP contribution < -0.4 is 0 Å². The van der Waals surface area contributed by atoms with E-state index in [1.165, 1.54) is 12.1 Å². The molecule has 7 nitrogen and oxygen atoms in total. The number of hydrogen-bond donors (Lipinski definition) is 0. The third-order valence-electron chi connectivity index (χ3n) is 6.87. The van der Waals surface area contributed by atoms with E-state index in [0.29, 0.717) is 73.9 Å². The minimum atomic E-state index is -4.44. The van der Waals surface area contributed by atoms with E-state index in [-0.39, 0.29) is 18.4 Å². The highest BCUT2D eigenvalue weighted by molar-refractivity contribution is 6.42. The highest BCUT2D eigenvalue weighted by Gasteiger charge is 2.32. The summed E-state index contributed by atoms with van der Waals surface area (Å²) < 4.78 is 61.3. The fraction of sp³-hybridized carbons (Fsp3) is 0.552. The fourth-order valence-electron chi connectivity index (χ4n) is 4.55. The lowest BCUT2D eigenvalue weighted by molar-refractivity contribution is -0.137. The van der Waals surface area contributed by atoms with Gasteiger partial charge >= 0.3 is 6.18 Å². The van der Waals surface area contributed by atoms with Crippen molar-refractivity contribution >= 4 is 29.1 Å². The number of hydrogen-bond acceptors (Lipinski definition) is 6. The number of rotatable bonds is 16. The quantitative estimate of drug-likeness (QED) is 0.230. The van der Waals surface area contributed by atoms with Gasteiger partial charge in [-0.15, -0.1) is 0 Å². The molecular formula is C29H37Cl2F3N2O5. The Morgan fingerprint density at radius 1 is 1.00 bits per heavy atom. The molecule has 0 unspecified atom stereocenters. The van der Waals surface area contributed by atoms with Crippen molar-refractivity contribution in [3.63, 3.8) is 0 Å². The average Bonchev–Trinajstić information content (AvgIpc) is 3.39. The van der Waals surface area contributed by atoms with Gasteiger partial charge in [0.15, 0.2) is 0 Å². The Balaban J connectivity index is 1.58. The first-order chi connectivity index (χ1) is 19.6. The number of carbonyl (C=O) groups excluding carboxylic acids is 1. The summed E-state index contributed by atoms with van der Waals surface area (Å²) in [5.41, 5.74) is 0.581. The number of halogens is 5. The molecule has 228 valence electrons. The van der Waals surface area contributed by atoms with Crippen LogP contribution in [0.3, 0.4) is 0 Å². The number of carbonyl (C=O) groups is 1. The predicted octanol–water partition coefficient (Wildman–Crippen LogP) is 5.52. The molecule has 1 amide bonds. The molecule has 1 heterocycles. The van der Waals surface area contributed by atoms with Crippen LogP contribution in [0.1, 0.15) is 29.2 Å². The molecule has 2 aromatic carbocycles. The summed E-state index contributed by atoms with van der Waals surface area (Å²) in [7, 11) is 3.29. The summed E-state index contributed by atoms with van der Waals surface area (Å²) in [6.07, 6.45) is -3.56. The number of likely N-dealkylation sites (tertiary alicyclic amines) is 1. The number of likely N-dealkylation sites (N-methyl/N-ethyl adjacent to an activating group) is 1. The molecule has 0 bridgehead atoms. The smallest absolute Gasteiger partial charge is 0.382 e. The first kappa shape index (κ1) is 33.6. The largest absolute Gasteiger partial charge is 0.416 e. The van der Waals surface area contributed by atoms with E-state index in [0.717, 1.165) is 25.1 Å². The van der Waals surface area contributed by atoms with Crippen LogP contribution in [-0.2, 0) is 36.3 Å². The Kier molecular flexibility index (Phi) is 13.6. The predicted molar refractivity (Wildman–Crippen MR) is 151 cm³/mol. The Morgan fingerprint density at radius 3 is 2.29 bits per heavy atom. The Labute approximate surface area is 249 Å². The number of methoxy groups -OCH3 is 1. The SMILES string of the molecule is COCCOCCOCCO[C@H]1CCN(C[C@H](c2ccc(C(F)(F)F)cc2)N(C)C(=O)Cc2ccc(Cl)c(Cl)c2)C1. The Morgan fingerprint density at radius 2 is 1.66 bits per heavy atom. The van der Waals surface area contributed by atoms with Crippen LogP contribution >= 0.6 is 23.2 Å². The van der Waals surface area contributed by atoms with E-state index in [1.807, 2.05) is 0 Å². The van der Waals surface area contributed by atoms with Gasteiger partial charge in [-0.05, 0) is 41.8 Å². The maximum atomic E-state index is 13.3. The van der Waals surface area contributed by atoms with Crippen molar-refractivity contribution in [2.45, 2.75) is 31.2 Å². The minimum absolute atomic E-state index is 0.00188. The molecule has 2 aromatic rings. The van der Waals surface area contributed by atoms with Crippen LogP contribution in [0.4, 0.5) is 13.2 Å². The van der Waals surface area contributed by atoms with Crippen LogP contribution in [0, 0.1) is 0 Å². The first-order valence-corrected chi connectivity index (χ1v) is 14.2. The van der Waals surface area contributed by atoms with Crippen molar-refractivity contribution in [1.29, 1.82) is 0 Å². The van der Waals surface area contributed by atoms with Crippen LogP contribution in [-0.4, -0.2) is 95.2 Å². The molecule has 0 aromatic heterocycles. The molecule has 3 rings (SSSR count). The lowest BCUT2D eigenvalue weighted by atomic mass is 10.0. The molecule has 12 heteroatoms. The molecule has 0 radical (unpaired) electrons. The number of alkyl halides is 3. The monoisotopic (exact) mass is 620 g/mol. The van der Waals surface area contributed by atoms with Crippen molar-refractivity contribution in [3.05, 3.63) is 69.2 Å². The zero-order chi connectivity index (χ0) is 29.8. The normalized spacial score (nSPS) is 16.7. The van der Waals surface area contributed by atoms with Gasteiger partial charge in [-0.1, -0.05) is 41.4 Å².